The zero-order chi connectivity index (χ0) is 40.2. The molecule has 0 spiro atoms. The number of nitrogens with zero attached hydrogens (tertiary/aromatic N) is 4. The van der Waals surface area contributed by atoms with Gasteiger partial charge in [-0.3, -0.25) is 19.3 Å². The molecule has 1 aromatic heterocycles. The minimum Gasteiger partial charge on any atom is -0.445 e. The number of carbonyl (C=O) groups is 4. The number of halogens is 1. The standard InChI is InChI=1S/C42H55FN6O6S/c1-27(31-11-13-32(14-12-31)36-28(2)44-26-56-36)45-38(52)34-19-33(50)21-49(34)39(53)37(41(3,4)5)46-35(51)22-47-24-42(43,25-47)20-29-15-17-48(18-16-29)40(54)55-23-30-9-7-6-8-10-30/h6-14,26-27,29,33-34,37,50H,15-25H2,1-5H3,(H,45,52)(H,46,51)/t27-,33+,34-,37+/m0/s1. The van der Waals surface area contributed by atoms with E-state index < -0.39 is 41.1 Å². The predicted octanol–water partition coefficient (Wildman–Crippen LogP) is 5.25. The predicted molar refractivity (Wildman–Crippen MR) is 212 cm³/mol. The van der Waals surface area contributed by atoms with Crippen molar-refractivity contribution < 1.29 is 33.4 Å². The van der Waals surface area contributed by atoms with E-state index in [-0.39, 0.29) is 63.2 Å². The number of aliphatic hydroxyl groups excluding tert-OH is 1. The van der Waals surface area contributed by atoms with Crippen molar-refractivity contribution in [2.24, 2.45) is 11.3 Å². The maximum absolute atomic E-state index is 15.8. The van der Waals surface area contributed by atoms with E-state index >= 15 is 4.39 Å². The summed E-state index contributed by atoms with van der Waals surface area (Å²) < 4.78 is 21.2. The van der Waals surface area contributed by atoms with Crippen molar-refractivity contribution >= 4 is 35.2 Å². The normalized spacial score (nSPS) is 21.2. The van der Waals surface area contributed by atoms with Gasteiger partial charge in [0.25, 0.3) is 0 Å². The van der Waals surface area contributed by atoms with Crippen LogP contribution in [-0.4, -0.2) is 112 Å². The van der Waals surface area contributed by atoms with Gasteiger partial charge in [0.05, 0.1) is 34.8 Å². The lowest BCUT2D eigenvalue weighted by Gasteiger charge is -2.46. The Morgan fingerprint density at radius 1 is 1.04 bits per heavy atom. The second-order valence-electron chi connectivity index (χ2n) is 16.9. The van der Waals surface area contributed by atoms with Crippen molar-refractivity contribution in [1.29, 1.82) is 0 Å². The summed E-state index contributed by atoms with van der Waals surface area (Å²) in [7, 11) is 0. The summed E-state index contributed by atoms with van der Waals surface area (Å²) in [5.74, 6) is -1.11. The Balaban J connectivity index is 0.965. The SMILES string of the molecule is Cc1ncsc1-c1ccc([C@H](C)NC(=O)[C@@H]2C[C@@H](O)CN2C(=O)[C@@H](NC(=O)CN2CC(F)(CC3CCN(C(=O)OCc4ccccc4)CC3)C2)C(C)(C)C)cc1. The number of thiazole rings is 1. The molecule has 3 aliphatic heterocycles. The van der Waals surface area contributed by atoms with Gasteiger partial charge in [0.1, 0.15) is 24.4 Å². The summed E-state index contributed by atoms with van der Waals surface area (Å²) in [6.45, 7) is 10.7. The average molecular weight is 791 g/mol. The third-order valence-electron chi connectivity index (χ3n) is 11.2. The Morgan fingerprint density at radius 3 is 2.34 bits per heavy atom. The average Bonchev–Trinajstić information content (AvgIpc) is 3.77. The molecule has 3 aromatic rings. The number of aliphatic hydroxyl groups is 1. The van der Waals surface area contributed by atoms with Gasteiger partial charge in [0.15, 0.2) is 0 Å². The van der Waals surface area contributed by atoms with Crippen LogP contribution in [0.1, 0.15) is 76.2 Å². The topological polar surface area (TPSA) is 144 Å². The Kier molecular flexibility index (Phi) is 12.8. The Labute approximate surface area is 332 Å². The maximum Gasteiger partial charge on any atom is 0.410 e. The van der Waals surface area contributed by atoms with E-state index in [9.17, 15) is 24.3 Å². The van der Waals surface area contributed by atoms with E-state index in [1.165, 1.54) is 4.90 Å². The molecule has 3 fully saturated rings. The van der Waals surface area contributed by atoms with Gasteiger partial charge in [-0.25, -0.2) is 14.2 Å². The molecule has 4 heterocycles. The molecule has 3 aliphatic rings. The third kappa shape index (κ3) is 10.1. The van der Waals surface area contributed by atoms with Crippen LogP contribution in [0.4, 0.5) is 9.18 Å². The maximum atomic E-state index is 15.8. The first-order valence-corrected chi connectivity index (χ1v) is 20.4. The Hall–Kier alpha value is -4.40. The zero-order valence-electron chi connectivity index (χ0n) is 33.0. The lowest BCUT2D eigenvalue weighted by atomic mass is 9.81. The van der Waals surface area contributed by atoms with Crippen LogP contribution in [0.2, 0.25) is 0 Å². The number of benzene rings is 2. The number of hydrogen-bond acceptors (Lipinski definition) is 9. The van der Waals surface area contributed by atoms with Crippen LogP contribution in [0, 0.1) is 18.3 Å². The number of alkyl halides is 1. The molecule has 4 amide bonds. The molecule has 4 atom stereocenters. The highest BCUT2D eigenvalue weighted by molar-refractivity contribution is 7.13. The van der Waals surface area contributed by atoms with E-state index in [2.05, 4.69) is 15.6 Å². The van der Waals surface area contributed by atoms with E-state index in [0.29, 0.717) is 32.4 Å². The van der Waals surface area contributed by atoms with Crippen LogP contribution in [0.15, 0.2) is 60.1 Å². The molecule has 0 unspecified atom stereocenters. The molecule has 0 bridgehead atoms. The van der Waals surface area contributed by atoms with Crippen molar-refractivity contribution in [3.63, 3.8) is 0 Å². The number of ether oxygens (including phenoxy) is 1. The second-order valence-corrected chi connectivity index (χ2v) is 17.7. The highest BCUT2D eigenvalue weighted by Crippen LogP contribution is 2.36. The number of amides is 4. The summed E-state index contributed by atoms with van der Waals surface area (Å²) >= 11 is 1.57. The molecule has 2 aromatic carbocycles. The number of nitrogens with one attached hydrogen (secondary N) is 2. The van der Waals surface area contributed by atoms with Crippen molar-refractivity contribution in [2.75, 3.05) is 39.3 Å². The van der Waals surface area contributed by atoms with Gasteiger partial charge < -0.3 is 30.3 Å². The van der Waals surface area contributed by atoms with Crippen LogP contribution in [0.25, 0.3) is 10.4 Å². The lowest BCUT2D eigenvalue weighted by molar-refractivity contribution is -0.145. The van der Waals surface area contributed by atoms with Gasteiger partial charge in [-0.15, -0.1) is 11.3 Å². The minimum atomic E-state index is -1.42. The van der Waals surface area contributed by atoms with Gasteiger partial charge in [-0.1, -0.05) is 75.4 Å². The minimum absolute atomic E-state index is 0.0268. The molecule has 14 heteroatoms. The van der Waals surface area contributed by atoms with Crippen molar-refractivity contribution in [3.8, 4) is 10.4 Å². The van der Waals surface area contributed by atoms with Crippen LogP contribution in [0.5, 0.6) is 0 Å². The number of likely N-dealkylation sites (tertiary alicyclic amines) is 3. The van der Waals surface area contributed by atoms with Gasteiger partial charge in [-0.05, 0) is 61.1 Å². The molecule has 3 saturated heterocycles. The van der Waals surface area contributed by atoms with Crippen molar-refractivity contribution in [3.05, 3.63) is 76.9 Å². The fourth-order valence-electron chi connectivity index (χ4n) is 8.07. The molecule has 0 saturated carbocycles. The summed E-state index contributed by atoms with van der Waals surface area (Å²) in [6.07, 6.45) is 0.575. The Morgan fingerprint density at radius 2 is 1.71 bits per heavy atom. The monoisotopic (exact) mass is 790 g/mol. The van der Waals surface area contributed by atoms with E-state index in [4.69, 9.17) is 4.74 Å². The molecule has 56 heavy (non-hydrogen) atoms. The molecular weight excluding hydrogens is 736 g/mol. The Bertz CT molecular complexity index is 1840. The fraction of sp³-hybridized carbons (Fsp3) is 0.548. The summed E-state index contributed by atoms with van der Waals surface area (Å²) in [6, 6.07) is 15.2. The van der Waals surface area contributed by atoms with Crippen molar-refractivity contribution in [1.82, 2.24) is 30.3 Å². The number of aromatic nitrogens is 1. The summed E-state index contributed by atoms with van der Waals surface area (Å²) in [5, 5.41) is 16.5. The van der Waals surface area contributed by atoms with Crippen LogP contribution in [0.3, 0.4) is 0 Å². The first-order valence-electron chi connectivity index (χ1n) is 19.5. The van der Waals surface area contributed by atoms with Crippen LogP contribution < -0.4 is 10.6 Å². The van der Waals surface area contributed by atoms with E-state index in [1.54, 1.807) is 21.1 Å². The highest BCUT2D eigenvalue weighted by Gasteiger charge is 2.47. The number of aryl methyl sites for hydroxylation is 1. The number of β-amino-alcohol motifs (C(OH)–C–C–N with tert-alkyl or cyclic N) is 1. The first kappa shape index (κ1) is 41.2. The second kappa shape index (κ2) is 17.4. The summed E-state index contributed by atoms with van der Waals surface area (Å²) in [4.78, 5) is 63.8. The molecule has 302 valence electrons. The number of rotatable bonds is 12. The van der Waals surface area contributed by atoms with Gasteiger partial charge in [0, 0.05) is 39.1 Å². The molecule has 6 rings (SSSR count). The van der Waals surface area contributed by atoms with Gasteiger partial charge >= 0.3 is 6.09 Å². The van der Waals surface area contributed by atoms with Gasteiger partial charge in [-0.2, -0.15) is 0 Å². The molecule has 0 radical (unpaired) electrons. The van der Waals surface area contributed by atoms with Crippen LogP contribution in [-0.2, 0) is 25.7 Å². The fourth-order valence-corrected chi connectivity index (χ4v) is 8.88. The van der Waals surface area contributed by atoms with Crippen molar-refractivity contribution in [2.45, 2.75) is 96.8 Å². The largest absolute Gasteiger partial charge is 0.445 e. The highest BCUT2D eigenvalue weighted by atomic mass is 32.1. The lowest BCUT2D eigenvalue weighted by Crippen LogP contribution is -2.63. The number of hydrogen-bond donors (Lipinski definition) is 3. The molecule has 12 nitrogen and oxygen atoms in total. The number of carbonyl (C=O) groups excluding carboxylic acids is 4. The molecule has 3 N–H and O–H groups in total. The molecular formula is C42H55FN6O6S. The molecule has 0 aliphatic carbocycles. The van der Waals surface area contributed by atoms with Gasteiger partial charge in [0.2, 0.25) is 17.7 Å². The first-order chi connectivity index (χ1) is 26.6. The quantitative estimate of drug-likeness (QED) is 0.226. The van der Waals surface area contributed by atoms with E-state index in [1.807, 2.05) is 94.7 Å². The number of piperidine rings is 1. The van der Waals surface area contributed by atoms with E-state index in [0.717, 1.165) is 27.3 Å². The zero-order valence-corrected chi connectivity index (χ0v) is 33.8. The smallest absolute Gasteiger partial charge is 0.410 e. The van der Waals surface area contributed by atoms with Crippen LogP contribution >= 0.6 is 11.3 Å². The third-order valence-corrected chi connectivity index (χ3v) is 12.2. The summed E-state index contributed by atoms with van der Waals surface area (Å²) in [5.41, 5.74) is 3.49.